The Morgan fingerprint density at radius 3 is 1.20 bits per heavy atom. The minimum atomic E-state index is -0.202. The van der Waals surface area contributed by atoms with E-state index in [0.717, 1.165) is 38.5 Å². The summed E-state index contributed by atoms with van der Waals surface area (Å²) in [5.41, 5.74) is 0. The summed E-state index contributed by atoms with van der Waals surface area (Å²) >= 11 is 0. The molecule has 0 aromatic rings. The van der Waals surface area contributed by atoms with E-state index in [1.165, 1.54) is 51.4 Å². The molecule has 2 unspecified atom stereocenters. The highest BCUT2D eigenvalue weighted by Gasteiger charge is 2.09. The van der Waals surface area contributed by atoms with Crippen molar-refractivity contribution in [3.05, 3.63) is 0 Å². The predicted molar refractivity (Wildman–Crippen MR) is 88.0 cm³/mol. The zero-order valence-electron chi connectivity index (χ0n) is 13.9. The molecule has 0 amide bonds. The molecular weight excluding hydrogens is 248 g/mol. The van der Waals surface area contributed by atoms with E-state index in [-0.39, 0.29) is 12.2 Å². The standard InChI is InChI=1S/C18H38O2/c1-3-5-7-9-11-13-17(19)15-16-18(20)14-12-10-8-6-4-2/h17-20H,3-16H2,1-2H3. The first-order chi connectivity index (χ1) is 9.70. The Morgan fingerprint density at radius 1 is 0.500 bits per heavy atom. The van der Waals surface area contributed by atoms with Crippen molar-refractivity contribution in [1.29, 1.82) is 0 Å². The highest BCUT2D eigenvalue weighted by molar-refractivity contribution is 4.62. The molecule has 0 bridgehead atoms. The number of hydrogen-bond donors (Lipinski definition) is 2. The lowest BCUT2D eigenvalue weighted by Gasteiger charge is -2.14. The van der Waals surface area contributed by atoms with Gasteiger partial charge in [0.1, 0.15) is 0 Å². The number of aliphatic hydroxyl groups is 2. The van der Waals surface area contributed by atoms with Gasteiger partial charge in [0.05, 0.1) is 12.2 Å². The number of hydrogen-bond acceptors (Lipinski definition) is 2. The van der Waals surface area contributed by atoms with E-state index in [2.05, 4.69) is 13.8 Å². The summed E-state index contributed by atoms with van der Waals surface area (Å²) in [5, 5.41) is 19.8. The third-order valence-corrected chi connectivity index (χ3v) is 4.11. The van der Waals surface area contributed by atoms with Gasteiger partial charge in [-0.3, -0.25) is 0 Å². The lowest BCUT2D eigenvalue weighted by atomic mass is 10.0. The lowest BCUT2D eigenvalue weighted by Crippen LogP contribution is -2.13. The van der Waals surface area contributed by atoms with Crippen molar-refractivity contribution in [2.24, 2.45) is 0 Å². The van der Waals surface area contributed by atoms with Crippen molar-refractivity contribution in [2.75, 3.05) is 0 Å². The van der Waals surface area contributed by atoms with Gasteiger partial charge in [-0.05, 0) is 25.7 Å². The molecule has 0 heterocycles. The fraction of sp³-hybridized carbons (Fsp3) is 1.00. The molecule has 0 saturated carbocycles. The van der Waals surface area contributed by atoms with E-state index in [4.69, 9.17) is 0 Å². The second-order valence-corrected chi connectivity index (χ2v) is 6.29. The van der Waals surface area contributed by atoms with Crippen LogP contribution in [0.15, 0.2) is 0 Å². The Labute approximate surface area is 127 Å². The van der Waals surface area contributed by atoms with Gasteiger partial charge in [-0.1, -0.05) is 78.1 Å². The van der Waals surface area contributed by atoms with Crippen molar-refractivity contribution < 1.29 is 10.2 Å². The van der Waals surface area contributed by atoms with Crippen LogP contribution in [0.5, 0.6) is 0 Å². The van der Waals surface area contributed by atoms with Gasteiger partial charge in [0, 0.05) is 0 Å². The molecule has 2 nitrogen and oxygen atoms in total. The number of rotatable bonds is 15. The molecular formula is C18H38O2. The average molecular weight is 286 g/mol. The molecule has 0 fully saturated rings. The van der Waals surface area contributed by atoms with Crippen molar-refractivity contribution in [2.45, 2.75) is 116 Å². The van der Waals surface area contributed by atoms with Crippen LogP contribution in [0.2, 0.25) is 0 Å². The van der Waals surface area contributed by atoms with Crippen molar-refractivity contribution in [3.8, 4) is 0 Å². The Morgan fingerprint density at radius 2 is 0.850 bits per heavy atom. The maximum Gasteiger partial charge on any atom is 0.0541 e. The quantitative estimate of drug-likeness (QED) is 0.406. The van der Waals surface area contributed by atoms with E-state index in [1.807, 2.05) is 0 Å². The molecule has 0 radical (unpaired) electrons. The van der Waals surface area contributed by atoms with Gasteiger partial charge in [-0.25, -0.2) is 0 Å². The average Bonchev–Trinajstić information content (AvgIpc) is 2.44. The van der Waals surface area contributed by atoms with Crippen LogP contribution in [0.25, 0.3) is 0 Å². The fourth-order valence-electron chi connectivity index (χ4n) is 2.64. The van der Waals surface area contributed by atoms with Crippen LogP contribution in [0.3, 0.4) is 0 Å². The summed E-state index contributed by atoms with van der Waals surface area (Å²) in [5.74, 6) is 0. The molecule has 0 aliphatic heterocycles. The summed E-state index contributed by atoms with van der Waals surface area (Å²) < 4.78 is 0. The first-order valence-electron chi connectivity index (χ1n) is 9.06. The minimum Gasteiger partial charge on any atom is -0.393 e. The van der Waals surface area contributed by atoms with Gasteiger partial charge < -0.3 is 10.2 Å². The third-order valence-electron chi connectivity index (χ3n) is 4.11. The van der Waals surface area contributed by atoms with E-state index < -0.39 is 0 Å². The normalized spacial score (nSPS) is 14.4. The van der Waals surface area contributed by atoms with Gasteiger partial charge in [0.25, 0.3) is 0 Å². The maximum absolute atomic E-state index is 9.89. The topological polar surface area (TPSA) is 40.5 Å². The van der Waals surface area contributed by atoms with Crippen molar-refractivity contribution in [1.82, 2.24) is 0 Å². The largest absolute Gasteiger partial charge is 0.393 e. The molecule has 2 heteroatoms. The fourth-order valence-corrected chi connectivity index (χ4v) is 2.64. The molecule has 2 N–H and O–H groups in total. The Balaban J connectivity index is 3.32. The van der Waals surface area contributed by atoms with Crippen LogP contribution in [0.4, 0.5) is 0 Å². The van der Waals surface area contributed by atoms with E-state index in [0.29, 0.717) is 0 Å². The molecule has 0 aliphatic carbocycles. The smallest absolute Gasteiger partial charge is 0.0541 e. The molecule has 0 aliphatic rings. The number of aliphatic hydroxyl groups excluding tert-OH is 2. The minimum absolute atomic E-state index is 0.202. The molecule has 122 valence electrons. The zero-order chi connectivity index (χ0) is 15.1. The van der Waals surface area contributed by atoms with Gasteiger partial charge in [-0.15, -0.1) is 0 Å². The summed E-state index contributed by atoms with van der Waals surface area (Å²) in [7, 11) is 0. The van der Waals surface area contributed by atoms with Gasteiger partial charge in [-0.2, -0.15) is 0 Å². The highest BCUT2D eigenvalue weighted by atomic mass is 16.3. The number of unbranched alkanes of at least 4 members (excludes halogenated alkanes) is 8. The zero-order valence-corrected chi connectivity index (χ0v) is 13.9. The van der Waals surface area contributed by atoms with Crippen LogP contribution in [-0.4, -0.2) is 22.4 Å². The lowest BCUT2D eigenvalue weighted by molar-refractivity contribution is 0.101. The second-order valence-electron chi connectivity index (χ2n) is 6.29. The van der Waals surface area contributed by atoms with Gasteiger partial charge >= 0.3 is 0 Å². The van der Waals surface area contributed by atoms with Crippen LogP contribution in [0.1, 0.15) is 104 Å². The third kappa shape index (κ3) is 14.3. The van der Waals surface area contributed by atoms with Crippen molar-refractivity contribution >= 4 is 0 Å². The summed E-state index contributed by atoms with van der Waals surface area (Å²) in [4.78, 5) is 0. The van der Waals surface area contributed by atoms with Gasteiger partial charge in [0.15, 0.2) is 0 Å². The van der Waals surface area contributed by atoms with Crippen LogP contribution >= 0.6 is 0 Å². The van der Waals surface area contributed by atoms with E-state index in [9.17, 15) is 10.2 Å². The summed E-state index contributed by atoms with van der Waals surface area (Å²) in [6.45, 7) is 4.44. The molecule has 2 atom stereocenters. The monoisotopic (exact) mass is 286 g/mol. The van der Waals surface area contributed by atoms with E-state index >= 15 is 0 Å². The van der Waals surface area contributed by atoms with Crippen LogP contribution in [-0.2, 0) is 0 Å². The Hall–Kier alpha value is -0.0800. The van der Waals surface area contributed by atoms with Crippen molar-refractivity contribution in [3.63, 3.8) is 0 Å². The van der Waals surface area contributed by atoms with Crippen LogP contribution < -0.4 is 0 Å². The molecule has 0 aromatic heterocycles. The molecule has 0 saturated heterocycles. The highest BCUT2D eigenvalue weighted by Crippen LogP contribution is 2.14. The molecule has 0 spiro atoms. The Kier molecular flexibility index (Phi) is 15.3. The summed E-state index contributed by atoms with van der Waals surface area (Å²) in [6, 6.07) is 0. The van der Waals surface area contributed by atoms with E-state index in [1.54, 1.807) is 0 Å². The Bertz CT molecular complexity index is 162. The first kappa shape index (κ1) is 19.9. The SMILES string of the molecule is CCCCCCCC(O)CCC(O)CCCCCCC. The summed E-state index contributed by atoms with van der Waals surface area (Å²) in [6.07, 6.45) is 15.5. The van der Waals surface area contributed by atoms with Crippen LogP contribution in [0, 0.1) is 0 Å². The molecule has 0 rings (SSSR count). The molecule has 20 heavy (non-hydrogen) atoms. The second kappa shape index (κ2) is 15.3. The first-order valence-corrected chi connectivity index (χ1v) is 9.06. The predicted octanol–water partition coefficient (Wildman–Crippen LogP) is 5.21. The molecule has 0 aromatic carbocycles. The van der Waals surface area contributed by atoms with Gasteiger partial charge in [0.2, 0.25) is 0 Å². The maximum atomic E-state index is 9.89.